The Morgan fingerprint density at radius 1 is 1.27 bits per heavy atom. The van der Waals surface area contributed by atoms with Gasteiger partial charge >= 0.3 is 0 Å². The molecule has 0 radical (unpaired) electrons. The molecule has 0 bridgehead atoms. The van der Waals surface area contributed by atoms with Gasteiger partial charge in [0.1, 0.15) is 5.75 Å². The Kier molecular flexibility index (Phi) is 4.60. The fraction of sp³-hybridized carbons (Fsp3) is 0.312. The molecule has 0 saturated carbocycles. The predicted molar refractivity (Wildman–Crippen MR) is 81.3 cm³/mol. The zero-order chi connectivity index (χ0) is 15.2. The van der Waals surface area contributed by atoms with Crippen molar-refractivity contribution < 1.29 is 9.53 Å². The first-order chi connectivity index (χ1) is 10.8. The van der Waals surface area contributed by atoms with Gasteiger partial charge in [-0.2, -0.15) is 0 Å². The van der Waals surface area contributed by atoms with Crippen LogP contribution in [0.4, 0.5) is 0 Å². The van der Waals surface area contributed by atoms with E-state index in [-0.39, 0.29) is 18.6 Å². The van der Waals surface area contributed by atoms with Gasteiger partial charge in [-0.25, -0.2) is 0 Å². The highest BCUT2D eigenvalue weighted by Gasteiger charge is 2.28. The number of ether oxygens (including phenoxy) is 1. The third-order valence-electron chi connectivity index (χ3n) is 3.63. The molecule has 22 heavy (non-hydrogen) atoms. The smallest absolute Gasteiger partial charge is 0.261 e. The number of aromatic nitrogens is 2. The normalized spacial score (nSPS) is 18.0. The molecule has 6 nitrogen and oxygen atoms in total. The molecule has 3 heterocycles. The van der Waals surface area contributed by atoms with Crippen LogP contribution in [-0.2, 0) is 4.79 Å². The van der Waals surface area contributed by atoms with Gasteiger partial charge in [0, 0.05) is 38.2 Å². The first-order valence-corrected chi connectivity index (χ1v) is 7.27. The molecule has 1 aliphatic rings. The summed E-state index contributed by atoms with van der Waals surface area (Å²) in [5.74, 6) is 0.572. The fourth-order valence-electron chi connectivity index (χ4n) is 2.53. The molecule has 114 valence electrons. The van der Waals surface area contributed by atoms with Gasteiger partial charge in [0.25, 0.3) is 5.91 Å². The summed E-state index contributed by atoms with van der Waals surface area (Å²) >= 11 is 0. The molecule has 2 aromatic heterocycles. The van der Waals surface area contributed by atoms with E-state index in [1.54, 1.807) is 36.9 Å². The molecule has 1 saturated heterocycles. The zero-order valence-corrected chi connectivity index (χ0v) is 12.2. The van der Waals surface area contributed by atoms with E-state index in [4.69, 9.17) is 4.74 Å². The molecule has 3 rings (SSSR count). The summed E-state index contributed by atoms with van der Waals surface area (Å²) in [5.41, 5.74) is 1.03. The number of piperazine rings is 1. The quantitative estimate of drug-likeness (QED) is 0.913. The van der Waals surface area contributed by atoms with E-state index in [1.165, 1.54) is 0 Å². The third-order valence-corrected chi connectivity index (χ3v) is 3.63. The molecule has 6 heteroatoms. The Morgan fingerprint density at radius 3 is 2.82 bits per heavy atom. The first-order valence-electron chi connectivity index (χ1n) is 7.27. The minimum Gasteiger partial charge on any atom is -0.482 e. The van der Waals surface area contributed by atoms with Crippen molar-refractivity contribution >= 4 is 5.91 Å². The summed E-state index contributed by atoms with van der Waals surface area (Å²) in [4.78, 5) is 22.5. The third kappa shape index (κ3) is 3.40. The molecule has 1 unspecified atom stereocenters. The number of hydrogen-bond acceptors (Lipinski definition) is 5. The number of amides is 1. The lowest BCUT2D eigenvalue weighted by Gasteiger charge is -2.36. The van der Waals surface area contributed by atoms with Gasteiger partial charge in [-0.1, -0.05) is 6.07 Å². The molecule has 2 aromatic rings. The van der Waals surface area contributed by atoms with Crippen molar-refractivity contribution in [2.45, 2.75) is 6.04 Å². The van der Waals surface area contributed by atoms with Crippen LogP contribution in [0.25, 0.3) is 0 Å². The average Bonchev–Trinajstić information content (AvgIpc) is 2.61. The van der Waals surface area contributed by atoms with Gasteiger partial charge in [0.2, 0.25) is 0 Å². The van der Waals surface area contributed by atoms with Crippen LogP contribution in [0.1, 0.15) is 11.6 Å². The number of carbonyl (C=O) groups is 1. The van der Waals surface area contributed by atoms with Crippen molar-refractivity contribution in [3.8, 4) is 5.75 Å². The van der Waals surface area contributed by atoms with Crippen molar-refractivity contribution in [3.63, 3.8) is 0 Å². The van der Waals surface area contributed by atoms with Crippen LogP contribution >= 0.6 is 0 Å². The molecule has 1 N–H and O–H groups in total. The second kappa shape index (κ2) is 7.00. The number of hydrogen-bond donors (Lipinski definition) is 1. The topological polar surface area (TPSA) is 67.3 Å². The molecule has 1 amide bonds. The van der Waals surface area contributed by atoms with Gasteiger partial charge in [-0.3, -0.25) is 14.8 Å². The monoisotopic (exact) mass is 298 g/mol. The van der Waals surface area contributed by atoms with E-state index >= 15 is 0 Å². The lowest BCUT2D eigenvalue weighted by atomic mass is 10.1. The van der Waals surface area contributed by atoms with Gasteiger partial charge in [-0.15, -0.1) is 0 Å². The molecular weight excluding hydrogens is 280 g/mol. The summed E-state index contributed by atoms with van der Waals surface area (Å²) < 4.78 is 5.52. The molecule has 0 aliphatic carbocycles. The number of rotatable bonds is 4. The van der Waals surface area contributed by atoms with E-state index in [1.807, 2.05) is 17.0 Å². The summed E-state index contributed by atoms with van der Waals surface area (Å²) in [7, 11) is 0. The Balaban J connectivity index is 1.66. The second-order valence-corrected chi connectivity index (χ2v) is 5.07. The molecule has 0 aromatic carbocycles. The maximum absolute atomic E-state index is 12.5. The number of nitrogens with one attached hydrogen (secondary N) is 1. The minimum atomic E-state index is -0.0285. The summed E-state index contributed by atoms with van der Waals surface area (Å²) in [6, 6.07) is 7.44. The van der Waals surface area contributed by atoms with E-state index in [0.717, 1.165) is 18.7 Å². The highest BCUT2D eigenvalue weighted by molar-refractivity contribution is 5.78. The van der Waals surface area contributed by atoms with Gasteiger partial charge in [0.15, 0.2) is 6.61 Å². The van der Waals surface area contributed by atoms with Gasteiger partial charge < -0.3 is 15.0 Å². The fourth-order valence-corrected chi connectivity index (χ4v) is 2.53. The molecule has 1 aliphatic heterocycles. The van der Waals surface area contributed by atoms with Crippen LogP contribution in [0.3, 0.4) is 0 Å². The average molecular weight is 298 g/mol. The maximum atomic E-state index is 12.5. The minimum absolute atomic E-state index is 0.00699. The van der Waals surface area contributed by atoms with Gasteiger partial charge in [-0.05, 0) is 23.8 Å². The first kappa shape index (κ1) is 14.5. The molecule has 0 spiro atoms. The summed E-state index contributed by atoms with van der Waals surface area (Å²) in [6.45, 7) is 2.19. The predicted octanol–water partition coefficient (Wildman–Crippen LogP) is 1.03. The van der Waals surface area contributed by atoms with Crippen LogP contribution in [0.5, 0.6) is 5.75 Å². The Morgan fingerprint density at radius 2 is 2.09 bits per heavy atom. The second-order valence-electron chi connectivity index (χ2n) is 5.07. The van der Waals surface area contributed by atoms with E-state index < -0.39 is 0 Å². The van der Waals surface area contributed by atoms with Crippen LogP contribution in [-0.4, -0.2) is 47.0 Å². The largest absolute Gasteiger partial charge is 0.482 e. The SMILES string of the molecule is O=C(COc1cccnc1)N1CCNCC1c1cccnc1. The van der Waals surface area contributed by atoms with Crippen LogP contribution in [0.15, 0.2) is 49.1 Å². The number of pyridine rings is 2. The molecule has 1 fully saturated rings. The highest BCUT2D eigenvalue weighted by Crippen LogP contribution is 2.21. The van der Waals surface area contributed by atoms with Crippen molar-refractivity contribution in [2.24, 2.45) is 0 Å². The van der Waals surface area contributed by atoms with Crippen molar-refractivity contribution in [1.82, 2.24) is 20.2 Å². The highest BCUT2D eigenvalue weighted by atomic mass is 16.5. The number of carbonyl (C=O) groups excluding carboxylic acids is 1. The standard InChI is InChI=1S/C16H18N4O2/c21-16(12-22-14-4-2-6-18-10-14)20-8-7-19-11-15(20)13-3-1-5-17-9-13/h1-6,9-10,15,19H,7-8,11-12H2. The Bertz CT molecular complexity index is 606. The molecular formula is C16H18N4O2. The summed E-state index contributed by atoms with van der Waals surface area (Å²) in [6.07, 6.45) is 6.81. The van der Waals surface area contributed by atoms with Gasteiger partial charge in [0.05, 0.1) is 12.2 Å². The van der Waals surface area contributed by atoms with Crippen LogP contribution < -0.4 is 10.1 Å². The van der Waals surface area contributed by atoms with E-state index in [0.29, 0.717) is 12.3 Å². The summed E-state index contributed by atoms with van der Waals surface area (Å²) in [5, 5.41) is 3.32. The van der Waals surface area contributed by atoms with Crippen LogP contribution in [0, 0.1) is 0 Å². The maximum Gasteiger partial charge on any atom is 0.261 e. The lowest BCUT2D eigenvalue weighted by Crippen LogP contribution is -2.50. The zero-order valence-electron chi connectivity index (χ0n) is 12.2. The van der Waals surface area contributed by atoms with E-state index in [9.17, 15) is 4.79 Å². The Labute approximate surface area is 129 Å². The van der Waals surface area contributed by atoms with Crippen LogP contribution in [0.2, 0.25) is 0 Å². The lowest BCUT2D eigenvalue weighted by molar-refractivity contribution is -0.136. The Hall–Kier alpha value is -2.47. The van der Waals surface area contributed by atoms with Crippen molar-refractivity contribution in [1.29, 1.82) is 0 Å². The van der Waals surface area contributed by atoms with Crippen molar-refractivity contribution in [3.05, 3.63) is 54.6 Å². The van der Waals surface area contributed by atoms with Crippen molar-refractivity contribution in [2.75, 3.05) is 26.2 Å². The van der Waals surface area contributed by atoms with E-state index in [2.05, 4.69) is 15.3 Å². The molecule has 1 atom stereocenters. The number of nitrogens with zero attached hydrogens (tertiary/aromatic N) is 3.